The third-order valence-electron chi connectivity index (χ3n) is 2.66. The summed E-state index contributed by atoms with van der Waals surface area (Å²) >= 11 is 5.09. The van der Waals surface area contributed by atoms with Crippen LogP contribution < -0.4 is 5.32 Å². The van der Waals surface area contributed by atoms with Crippen LogP contribution in [0.25, 0.3) is 0 Å². The molecule has 17 heavy (non-hydrogen) atoms. The molecule has 1 aromatic heterocycles. The van der Waals surface area contributed by atoms with Crippen LogP contribution in [0.5, 0.6) is 0 Å². The Hall–Kier alpha value is -0.710. The number of hydrogen-bond donors (Lipinski definition) is 1. The third kappa shape index (κ3) is 2.59. The van der Waals surface area contributed by atoms with E-state index in [9.17, 15) is 4.39 Å². The molecule has 0 aliphatic heterocycles. The highest BCUT2D eigenvalue weighted by molar-refractivity contribution is 9.10. The van der Waals surface area contributed by atoms with E-state index >= 15 is 0 Å². The number of halogens is 2. The quantitative estimate of drug-likeness (QED) is 0.892. The Morgan fingerprint density at radius 2 is 2.18 bits per heavy atom. The number of rotatable bonds is 3. The topological polar surface area (TPSA) is 12.0 Å². The van der Waals surface area contributed by atoms with E-state index in [1.807, 2.05) is 13.1 Å². The van der Waals surface area contributed by atoms with Crippen LogP contribution in [0, 0.1) is 12.7 Å². The van der Waals surface area contributed by atoms with Gasteiger partial charge in [0.2, 0.25) is 0 Å². The summed E-state index contributed by atoms with van der Waals surface area (Å²) in [7, 11) is 1.84. The first-order valence-corrected chi connectivity index (χ1v) is 6.97. The Morgan fingerprint density at radius 1 is 1.41 bits per heavy atom. The van der Waals surface area contributed by atoms with Gasteiger partial charge in [-0.05, 0) is 43.1 Å². The van der Waals surface area contributed by atoms with Gasteiger partial charge in [0, 0.05) is 14.9 Å². The number of hydrogen-bond acceptors (Lipinski definition) is 2. The molecule has 90 valence electrons. The molecule has 0 spiro atoms. The SMILES string of the molecule is CNC(c1csc(C)c1)c1c(F)cccc1Br. The van der Waals surface area contributed by atoms with Gasteiger partial charge in [0.25, 0.3) is 0 Å². The summed E-state index contributed by atoms with van der Waals surface area (Å²) in [6.07, 6.45) is 0. The van der Waals surface area contributed by atoms with Crippen LogP contribution in [-0.2, 0) is 0 Å². The highest BCUT2D eigenvalue weighted by Crippen LogP contribution is 2.32. The van der Waals surface area contributed by atoms with Crippen LogP contribution >= 0.6 is 27.3 Å². The zero-order valence-corrected chi connectivity index (χ0v) is 12.0. The van der Waals surface area contributed by atoms with Crippen molar-refractivity contribution in [3.63, 3.8) is 0 Å². The molecule has 4 heteroatoms. The molecule has 0 saturated heterocycles. The summed E-state index contributed by atoms with van der Waals surface area (Å²) in [6, 6.07) is 7.03. The molecule has 0 aliphatic carbocycles. The fraction of sp³-hybridized carbons (Fsp3) is 0.231. The lowest BCUT2D eigenvalue weighted by molar-refractivity contribution is 0.574. The van der Waals surface area contributed by atoms with Crippen molar-refractivity contribution in [2.75, 3.05) is 7.05 Å². The molecular weight excluding hydrogens is 301 g/mol. The summed E-state index contributed by atoms with van der Waals surface area (Å²) < 4.78 is 14.7. The molecule has 1 N–H and O–H groups in total. The maximum atomic E-state index is 13.9. The Kier molecular flexibility index (Phi) is 3.97. The summed E-state index contributed by atoms with van der Waals surface area (Å²) in [6.45, 7) is 2.05. The van der Waals surface area contributed by atoms with Crippen LogP contribution in [0.2, 0.25) is 0 Å². The molecule has 2 aromatic rings. The second-order valence-electron chi connectivity index (χ2n) is 3.85. The predicted octanol–water partition coefficient (Wildman–Crippen LogP) is 4.27. The average Bonchev–Trinajstić information content (AvgIpc) is 2.70. The highest BCUT2D eigenvalue weighted by atomic mass is 79.9. The normalized spacial score (nSPS) is 12.7. The van der Waals surface area contributed by atoms with E-state index in [0.29, 0.717) is 5.56 Å². The smallest absolute Gasteiger partial charge is 0.129 e. The van der Waals surface area contributed by atoms with Crippen LogP contribution in [-0.4, -0.2) is 7.05 Å². The van der Waals surface area contributed by atoms with E-state index in [2.05, 4.69) is 39.6 Å². The molecule has 0 aliphatic rings. The summed E-state index contributed by atoms with van der Waals surface area (Å²) in [5.74, 6) is -0.192. The molecule has 1 heterocycles. The van der Waals surface area contributed by atoms with Gasteiger partial charge in [-0.2, -0.15) is 0 Å². The van der Waals surface area contributed by atoms with Crippen molar-refractivity contribution < 1.29 is 4.39 Å². The van der Waals surface area contributed by atoms with Gasteiger partial charge in [-0.15, -0.1) is 11.3 Å². The van der Waals surface area contributed by atoms with Crippen LogP contribution in [0.15, 0.2) is 34.1 Å². The zero-order chi connectivity index (χ0) is 12.4. The van der Waals surface area contributed by atoms with E-state index in [-0.39, 0.29) is 11.9 Å². The monoisotopic (exact) mass is 313 g/mol. The molecule has 0 fully saturated rings. The Balaban J connectivity index is 2.49. The van der Waals surface area contributed by atoms with Gasteiger partial charge in [-0.1, -0.05) is 22.0 Å². The molecule has 1 nitrogen and oxygen atoms in total. The lowest BCUT2D eigenvalue weighted by atomic mass is 10.0. The lowest BCUT2D eigenvalue weighted by Gasteiger charge is -2.17. The molecule has 1 atom stereocenters. The Morgan fingerprint density at radius 3 is 2.71 bits per heavy atom. The van der Waals surface area contributed by atoms with Crippen molar-refractivity contribution in [2.24, 2.45) is 0 Å². The van der Waals surface area contributed by atoms with E-state index in [4.69, 9.17) is 0 Å². The van der Waals surface area contributed by atoms with Gasteiger partial charge in [0.1, 0.15) is 5.82 Å². The number of nitrogens with one attached hydrogen (secondary N) is 1. The molecular formula is C13H13BrFNS. The fourth-order valence-electron chi connectivity index (χ4n) is 1.88. The first kappa shape index (κ1) is 12.7. The van der Waals surface area contributed by atoms with Crippen molar-refractivity contribution in [3.8, 4) is 0 Å². The second kappa shape index (κ2) is 5.29. The molecule has 1 aromatic carbocycles. The predicted molar refractivity (Wildman–Crippen MR) is 74.1 cm³/mol. The summed E-state index contributed by atoms with van der Waals surface area (Å²) in [5, 5.41) is 5.23. The molecule has 2 rings (SSSR count). The van der Waals surface area contributed by atoms with Crippen LogP contribution in [0.4, 0.5) is 4.39 Å². The first-order valence-electron chi connectivity index (χ1n) is 5.29. The van der Waals surface area contributed by atoms with Crippen molar-refractivity contribution in [3.05, 3.63) is 55.9 Å². The molecule has 1 unspecified atom stereocenters. The minimum Gasteiger partial charge on any atom is -0.309 e. The maximum absolute atomic E-state index is 13.9. The number of benzene rings is 1. The van der Waals surface area contributed by atoms with E-state index in [0.717, 1.165) is 10.0 Å². The lowest BCUT2D eigenvalue weighted by Crippen LogP contribution is -2.18. The van der Waals surface area contributed by atoms with Crippen LogP contribution in [0.1, 0.15) is 22.0 Å². The van der Waals surface area contributed by atoms with Gasteiger partial charge >= 0.3 is 0 Å². The van der Waals surface area contributed by atoms with Gasteiger partial charge in [-0.25, -0.2) is 4.39 Å². The summed E-state index contributed by atoms with van der Waals surface area (Å²) in [5.41, 5.74) is 1.76. The van der Waals surface area contributed by atoms with Crippen LogP contribution in [0.3, 0.4) is 0 Å². The van der Waals surface area contributed by atoms with Crippen molar-refractivity contribution >= 4 is 27.3 Å². The molecule has 0 bridgehead atoms. The maximum Gasteiger partial charge on any atom is 0.129 e. The van der Waals surface area contributed by atoms with Crippen molar-refractivity contribution in [2.45, 2.75) is 13.0 Å². The van der Waals surface area contributed by atoms with E-state index in [1.54, 1.807) is 17.4 Å². The standard InChI is InChI=1S/C13H13BrFNS/c1-8-6-9(7-17-8)13(16-2)12-10(14)4-3-5-11(12)15/h3-7,13,16H,1-2H3. The van der Waals surface area contributed by atoms with Gasteiger partial charge in [0.05, 0.1) is 6.04 Å². The molecule has 0 amide bonds. The number of thiophene rings is 1. The largest absolute Gasteiger partial charge is 0.309 e. The van der Waals surface area contributed by atoms with Gasteiger partial charge in [0.15, 0.2) is 0 Å². The van der Waals surface area contributed by atoms with E-state index < -0.39 is 0 Å². The average molecular weight is 314 g/mol. The number of aryl methyl sites for hydroxylation is 1. The van der Waals surface area contributed by atoms with E-state index in [1.165, 1.54) is 10.9 Å². The highest BCUT2D eigenvalue weighted by Gasteiger charge is 2.19. The molecule has 0 radical (unpaired) electrons. The summed E-state index contributed by atoms with van der Waals surface area (Å²) in [4.78, 5) is 1.23. The third-order valence-corrected chi connectivity index (χ3v) is 4.23. The minimum absolute atomic E-state index is 0.115. The van der Waals surface area contributed by atoms with Gasteiger partial charge in [-0.3, -0.25) is 0 Å². The first-order chi connectivity index (χ1) is 8.13. The Bertz CT molecular complexity index is 504. The fourth-order valence-corrected chi connectivity index (χ4v) is 3.18. The van der Waals surface area contributed by atoms with Crippen molar-refractivity contribution in [1.82, 2.24) is 5.32 Å². The van der Waals surface area contributed by atoms with Gasteiger partial charge < -0.3 is 5.32 Å². The van der Waals surface area contributed by atoms with Crippen molar-refractivity contribution in [1.29, 1.82) is 0 Å². The molecule has 0 saturated carbocycles. The Labute approximate surface area is 113 Å². The second-order valence-corrected chi connectivity index (χ2v) is 5.82. The minimum atomic E-state index is -0.192. The zero-order valence-electron chi connectivity index (χ0n) is 9.63.